The molecule has 1 aliphatic heterocycles. The highest BCUT2D eigenvalue weighted by atomic mass is 35.5. The number of carbonyl (C=O) groups excluding carboxylic acids is 1. The summed E-state index contributed by atoms with van der Waals surface area (Å²) in [5.41, 5.74) is 5.36. The fourth-order valence-corrected chi connectivity index (χ4v) is 1.62. The Hall–Kier alpha value is -1.33. The van der Waals surface area contributed by atoms with E-state index in [-0.39, 0.29) is 16.7 Å². The van der Waals surface area contributed by atoms with Crippen molar-refractivity contribution in [1.82, 2.24) is 4.98 Å². The quantitative estimate of drug-likeness (QED) is 0.858. The van der Waals surface area contributed by atoms with Crippen LogP contribution >= 0.6 is 11.6 Å². The van der Waals surface area contributed by atoms with E-state index in [1.165, 1.54) is 12.3 Å². The standard InChI is InChI=1S/C10H11ClN2O3/c11-8-3-6(9(12)14)4-13-10(8)16-7-1-2-15-5-7/h3-4,7H,1-2,5H2,(H2,12,14)/t7-/m1/s1. The van der Waals surface area contributed by atoms with Crippen LogP contribution in [0.4, 0.5) is 0 Å². The molecule has 0 spiro atoms. The molecule has 0 aromatic carbocycles. The molecular formula is C10H11ClN2O3. The van der Waals surface area contributed by atoms with Crippen LogP contribution in [-0.4, -0.2) is 30.2 Å². The van der Waals surface area contributed by atoms with Gasteiger partial charge < -0.3 is 15.2 Å². The normalized spacial score (nSPS) is 19.7. The van der Waals surface area contributed by atoms with Gasteiger partial charge in [-0.2, -0.15) is 0 Å². The smallest absolute Gasteiger partial charge is 0.250 e. The van der Waals surface area contributed by atoms with Crippen molar-refractivity contribution in [2.24, 2.45) is 5.73 Å². The van der Waals surface area contributed by atoms with Crippen LogP contribution in [0.3, 0.4) is 0 Å². The van der Waals surface area contributed by atoms with Crippen molar-refractivity contribution in [3.63, 3.8) is 0 Å². The van der Waals surface area contributed by atoms with E-state index in [1.807, 2.05) is 0 Å². The largest absolute Gasteiger partial charge is 0.471 e. The number of nitrogens with two attached hydrogens (primary N) is 1. The van der Waals surface area contributed by atoms with Crippen molar-refractivity contribution in [3.8, 4) is 5.88 Å². The highest BCUT2D eigenvalue weighted by molar-refractivity contribution is 6.32. The van der Waals surface area contributed by atoms with E-state index in [0.29, 0.717) is 19.1 Å². The van der Waals surface area contributed by atoms with Gasteiger partial charge >= 0.3 is 0 Å². The number of hydrogen-bond donors (Lipinski definition) is 1. The molecule has 0 unspecified atom stereocenters. The molecule has 0 radical (unpaired) electrons. The Bertz CT molecular complexity index is 405. The van der Waals surface area contributed by atoms with E-state index in [0.717, 1.165) is 6.42 Å². The van der Waals surface area contributed by atoms with E-state index in [2.05, 4.69) is 4.98 Å². The van der Waals surface area contributed by atoms with Crippen molar-refractivity contribution in [3.05, 3.63) is 22.8 Å². The molecule has 2 N–H and O–H groups in total. The van der Waals surface area contributed by atoms with E-state index < -0.39 is 5.91 Å². The SMILES string of the molecule is NC(=O)c1cnc(O[C@@H]2CCOC2)c(Cl)c1. The van der Waals surface area contributed by atoms with Crippen LogP contribution in [0.25, 0.3) is 0 Å². The predicted molar refractivity (Wildman–Crippen MR) is 57.6 cm³/mol. The Morgan fingerprint density at radius 3 is 3.06 bits per heavy atom. The van der Waals surface area contributed by atoms with Crippen molar-refractivity contribution >= 4 is 17.5 Å². The van der Waals surface area contributed by atoms with Gasteiger partial charge in [0.25, 0.3) is 0 Å². The zero-order chi connectivity index (χ0) is 11.5. The van der Waals surface area contributed by atoms with Crippen LogP contribution < -0.4 is 10.5 Å². The van der Waals surface area contributed by atoms with Crippen LogP contribution in [0, 0.1) is 0 Å². The first-order valence-electron chi connectivity index (χ1n) is 4.86. The number of carbonyl (C=O) groups is 1. The summed E-state index contributed by atoms with van der Waals surface area (Å²) in [6, 6.07) is 1.45. The number of amides is 1. The molecule has 5 nitrogen and oxygen atoms in total. The van der Waals surface area contributed by atoms with Gasteiger partial charge in [0, 0.05) is 12.6 Å². The molecular weight excluding hydrogens is 232 g/mol. The van der Waals surface area contributed by atoms with Gasteiger partial charge in [0.15, 0.2) is 0 Å². The fraction of sp³-hybridized carbons (Fsp3) is 0.400. The molecule has 0 bridgehead atoms. The van der Waals surface area contributed by atoms with Crippen molar-refractivity contribution in [2.75, 3.05) is 13.2 Å². The lowest BCUT2D eigenvalue weighted by Gasteiger charge is -2.11. The van der Waals surface area contributed by atoms with E-state index in [1.54, 1.807) is 0 Å². The monoisotopic (exact) mass is 242 g/mol. The fourth-order valence-electron chi connectivity index (χ4n) is 1.41. The summed E-state index contributed by atoms with van der Waals surface area (Å²) >= 11 is 5.92. The lowest BCUT2D eigenvalue weighted by Crippen LogP contribution is -2.17. The van der Waals surface area contributed by atoms with Crippen LogP contribution in [0.5, 0.6) is 5.88 Å². The number of rotatable bonds is 3. The van der Waals surface area contributed by atoms with Crippen LogP contribution in [0.2, 0.25) is 5.02 Å². The Morgan fingerprint density at radius 1 is 1.69 bits per heavy atom. The second-order valence-electron chi connectivity index (χ2n) is 3.48. The Balaban J connectivity index is 2.12. The second kappa shape index (κ2) is 4.67. The predicted octanol–water partition coefficient (Wildman–Crippen LogP) is 1.00. The summed E-state index contributed by atoms with van der Waals surface area (Å²) < 4.78 is 10.7. The van der Waals surface area contributed by atoms with Crippen molar-refractivity contribution < 1.29 is 14.3 Å². The average Bonchev–Trinajstić information content (AvgIpc) is 2.73. The van der Waals surface area contributed by atoms with E-state index >= 15 is 0 Å². The number of hydrogen-bond acceptors (Lipinski definition) is 4. The molecule has 1 aliphatic rings. The van der Waals surface area contributed by atoms with Gasteiger partial charge in [0.1, 0.15) is 11.1 Å². The van der Waals surface area contributed by atoms with Crippen molar-refractivity contribution in [1.29, 1.82) is 0 Å². The second-order valence-corrected chi connectivity index (χ2v) is 3.89. The van der Waals surface area contributed by atoms with Gasteiger partial charge in [-0.15, -0.1) is 0 Å². The molecule has 2 rings (SSSR count). The zero-order valence-corrected chi connectivity index (χ0v) is 9.24. The van der Waals surface area contributed by atoms with Crippen LogP contribution in [0.15, 0.2) is 12.3 Å². The summed E-state index contributed by atoms with van der Waals surface area (Å²) in [7, 11) is 0. The lowest BCUT2D eigenvalue weighted by atomic mass is 10.3. The molecule has 1 atom stereocenters. The molecule has 2 heterocycles. The summed E-state index contributed by atoms with van der Waals surface area (Å²) in [6.45, 7) is 1.22. The van der Waals surface area contributed by atoms with Gasteiger partial charge in [0.05, 0.1) is 18.8 Å². The van der Waals surface area contributed by atoms with E-state index in [9.17, 15) is 4.79 Å². The molecule has 1 saturated heterocycles. The summed E-state index contributed by atoms with van der Waals surface area (Å²) in [6.07, 6.45) is 2.14. The van der Waals surface area contributed by atoms with E-state index in [4.69, 9.17) is 26.8 Å². The minimum Gasteiger partial charge on any atom is -0.471 e. The maximum Gasteiger partial charge on any atom is 0.250 e. The molecule has 6 heteroatoms. The number of pyridine rings is 1. The number of halogens is 1. The Labute approximate surface area is 97.5 Å². The maximum atomic E-state index is 10.9. The minimum atomic E-state index is -0.565. The van der Waals surface area contributed by atoms with Gasteiger partial charge in [-0.3, -0.25) is 4.79 Å². The summed E-state index contributed by atoms with van der Waals surface area (Å²) in [5, 5.41) is 0.281. The highest BCUT2D eigenvalue weighted by Gasteiger charge is 2.19. The summed E-state index contributed by atoms with van der Waals surface area (Å²) in [4.78, 5) is 14.8. The molecule has 0 aliphatic carbocycles. The molecule has 16 heavy (non-hydrogen) atoms. The van der Waals surface area contributed by atoms with Gasteiger partial charge in [0.2, 0.25) is 11.8 Å². The molecule has 1 amide bonds. The number of nitrogens with zero attached hydrogens (tertiary/aromatic N) is 1. The topological polar surface area (TPSA) is 74.4 Å². The zero-order valence-electron chi connectivity index (χ0n) is 8.48. The lowest BCUT2D eigenvalue weighted by molar-refractivity contribution is 0.0999. The third kappa shape index (κ3) is 2.43. The Morgan fingerprint density at radius 2 is 2.50 bits per heavy atom. The van der Waals surface area contributed by atoms with Crippen molar-refractivity contribution in [2.45, 2.75) is 12.5 Å². The first-order valence-corrected chi connectivity index (χ1v) is 5.24. The highest BCUT2D eigenvalue weighted by Crippen LogP contribution is 2.24. The van der Waals surface area contributed by atoms with Crippen LogP contribution in [-0.2, 0) is 4.74 Å². The first kappa shape index (κ1) is 11.2. The maximum absolute atomic E-state index is 10.9. The van der Waals surface area contributed by atoms with Gasteiger partial charge in [-0.1, -0.05) is 11.6 Å². The molecule has 1 aromatic heterocycles. The Kier molecular flexibility index (Phi) is 3.26. The van der Waals surface area contributed by atoms with Gasteiger partial charge in [-0.25, -0.2) is 4.98 Å². The molecule has 1 aromatic rings. The molecule has 0 saturated carbocycles. The number of ether oxygens (including phenoxy) is 2. The van der Waals surface area contributed by atoms with Gasteiger partial charge in [-0.05, 0) is 6.07 Å². The first-order chi connectivity index (χ1) is 7.66. The van der Waals surface area contributed by atoms with Crippen LogP contribution in [0.1, 0.15) is 16.8 Å². The third-order valence-electron chi connectivity index (χ3n) is 2.26. The average molecular weight is 243 g/mol. The third-order valence-corrected chi connectivity index (χ3v) is 2.53. The molecule has 86 valence electrons. The number of aromatic nitrogens is 1. The number of primary amides is 1. The molecule has 1 fully saturated rings. The minimum absolute atomic E-state index is 0.0237. The summed E-state index contributed by atoms with van der Waals surface area (Å²) in [5.74, 6) is -0.257.